The van der Waals surface area contributed by atoms with Crippen molar-refractivity contribution in [2.45, 2.75) is 52.1 Å². The Balaban J connectivity index is 2.61. The minimum Gasteiger partial charge on any atom is -0.468 e. The molecule has 0 aliphatic rings. The molecule has 0 saturated heterocycles. The Morgan fingerprint density at radius 1 is 1.50 bits per heavy atom. The molecule has 1 aromatic rings. The SMILES string of the molecule is CCCCC(NC(C)c1ccc(C)o1)C(=O)OC. The summed E-state index contributed by atoms with van der Waals surface area (Å²) in [6, 6.07) is 3.59. The van der Waals surface area contributed by atoms with Crippen molar-refractivity contribution >= 4 is 5.97 Å². The maximum absolute atomic E-state index is 11.7. The van der Waals surface area contributed by atoms with Crippen LogP contribution in [0.3, 0.4) is 0 Å². The van der Waals surface area contributed by atoms with Gasteiger partial charge in [-0.05, 0) is 32.4 Å². The summed E-state index contributed by atoms with van der Waals surface area (Å²) in [6.45, 7) is 6.00. The summed E-state index contributed by atoms with van der Waals surface area (Å²) in [5, 5.41) is 3.26. The van der Waals surface area contributed by atoms with Gasteiger partial charge in [0.05, 0.1) is 13.2 Å². The summed E-state index contributed by atoms with van der Waals surface area (Å²) >= 11 is 0. The number of ether oxygens (including phenoxy) is 1. The van der Waals surface area contributed by atoms with Crippen LogP contribution in [0.15, 0.2) is 16.5 Å². The van der Waals surface area contributed by atoms with Crippen LogP contribution < -0.4 is 5.32 Å². The van der Waals surface area contributed by atoms with Crippen molar-refractivity contribution in [1.82, 2.24) is 5.32 Å². The Morgan fingerprint density at radius 2 is 2.22 bits per heavy atom. The van der Waals surface area contributed by atoms with Crippen LogP contribution in [0.2, 0.25) is 0 Å². The number of esters is 1. The molecule has 1 aromatic heterocycles. The van der Waals surface area contributed by atoms with Gasteiger partial charge < -0.3 is 9.15 Å². The van der Waals surface area contributed by atoms with E-state index in [0.717, 1.165) is 30.8 Å². The smallest absolute Gasteiger partial charge is 0.322 e. The van der Waals surface area contributed by atoms with Crippen molar-refractivity contribution in [3.05, 3.63) is 23.7 Å². The molecule has 2 unspecified atom stereocenters. The monoisotopic (exact) mass is 253 g/mol. The van der Waals surface area contributed by atoms with Gasteiger partial charge in [0.15, 0.2) is 0 Å². The summed E-state index contributed by atoms with van der Waals surface area (Å²) in [5.74, 6) is 1.51. The van der Waals surface area contributed by atoms with Gasteiger partial charge in [0, 0.05) is 0 Å². The van der Waals surface area contributed by atoms with Gasteiger partial charge in [-0.25, -0.2) is 0 Å². The zero-order valence-corrected chi connectivity index (χ0v) is 11.7. The third-order valence-corrected chi connectivity index (χ3v) is 2.97. The summed E-state index contributed by atoms with van der Waals surface area (Å²) in [7, 11) is 1.42. The minimum atomic E-state index is -0.268. The number of hydrogen-bond acceptors (Lipinski definition) is 4. The number of rotatable bonds is 7. The van der Waals surface area contributed by atoms with Crippen LogP contribution in [0.5, 0.6) is 0 Å². The summed E-state index contributed by atoms with van der Waals surface area (Å²) in [5.41, 5.74) is 0. The van der Waals surface area contributed by atoms with E-state index in [4.69, 9.17) is 9.15 Å². The van der Waals surface area contributed by atoms with Crippen molar-refractivity contribution in [2.75, 3.05) is 7.11 Å². The Hall–Kier alpha value is -1.29. The first-order valence-corrected chi connectivity index (χ1v) is 6.48. The molecule has 0 aliphatic heterocycles. The molecule has 18 heavy (non-hydrogen) atoms. The van der Waals surface area contributed by atoms with Gasteiger partial charge in [-0.3, -0.25) is 10.1 Å². The molecule has 0 bridgehead atoms. The Morgan fingerprint density at radius 3 is 2.72 bits per heavy atom. The predicted molar refractivity (Wildman–Crippen MR) is 70.3 cm³/mol. The molecule has 0 saturated carbocycles. The Labute approximate surface area is 109 Å². The average Bonchev–Trinajstić information content (AvgIpc) is 2.80. The molecular weight excluding hydrogens is 230 g/mol. The van der Waals surface area contributed by atoms with E-state index < -0.39 is 0 Å². The maximum atomic E-state index is 11.7. The number of nitrogens with one attached hydrogen (secondary N) is 1. The molecule has 102 valence electrons. The quantitative estimate of drug-likeness (QED) is 0.759. The van der Waals surface area contributed by atoms with Crippen molar-refractivity contribution in [1.29, 1.82) is 0 Å². The number of furan rings is 1. The molecule has 0 aromatic carbocycles. The van der Waals surface area contributed by atoms with Crippen LogP contribution in [0.4, 0.5) is 0 Å². The van der Waals surface area contributed by atoms with Crippen LogP contribution in [0.25, 0.3) is 0 Å². The van der Waals surface area contributed by atoms with E-state index in [2.05, 4.69) is 12.2 Å². The van der Waals surface area contributed by atoms with Crippen LogP contribution in [0.1, 0.15) is 50.7 Å². The minimum absolute atomic E-state index is 0.000318. The fourth-order valence-electron chi connectivity index (χ4n) is 1.89. The van der Waals surface area contributed by atoms with Gasteiger partial charge in [0.2, 0.25) is 0 Å². The van der Waals surface area contributed by atoms with E-state index in [1.807, 2.05) is 26.0 Å². The molecule has 0 aliphatic carbocycles. The number of carbonyl (C=O) groups excluding carboxylic acids is 1. The highest BCUT2D eigenvalue weighted by molar-refractivity contribution is 5.75. The van der Waals surface area contributed by atoms with Gasteiger partial charge in [-0.2, -0.15) is 0 Å². The van der Waals surface area contributed by atoms with Crippen LogP contribution in [-0.4, -0.2) is 19.1 Å². The lowest BCUT2D eigenvalue weighted by Crippen LogP contribution is -2.39. The van der Waals surface area contributed by atoms with Crippen molar-refractivity contribution in [2.24, 2.45) is 0 Å². The lowest BCUT2D eigenvalue weighted by molar-refractivity contribution is -0.143. The van der Waals surface area contributed by atoms with Gasteiger partial charge in [-0.15, -0.1) is 0 Å². The topological polar surface area (TPSA) is 51.5 Å². The first kappa shape index (κ1) is 14.8. The predicted octanol–water partition coefficient (Wildman–Crippen LogP) is 2.97. The normalized spacial score (nSPS) is 14.2. The lowest BCUT2D eigenvalue weighted by Gasteiger charge is -2.20. The van der Waals surface area contributed by atoms with Gasteiger partial charge in [0.25, 0.3) is 0 Å². The second kappa shape index (κ2) is 7.21. The van der Waals surface area contributed by atoms with Crippen LogP contribution in [-0.2, 0) is 9.53 Å². The second-order valence-electron chi connectivity index (χ2n) is 4.55. The zero-order chi connectivity index (χ0) is 13.5. The highest BCUT2D eigenvalue weighted by Gasteiger charge is 2.22. The van der Waals surface area contributed by atoms with Crippen molar-refractivity contribution in [3.63, 3.8) is 0 Å². The molecular formula is C14H23NO3. The van der Waals surface area contributed by atoms with Gasteiger partial charge >= 0.3 is 5.97 Å². The molecule has 0 radical (unpaired) electrons. The Kier molecular flexibility index (Phi) is 5.92. The third kappa shape index (κ3) is 4.18. The summed E-state index contributed by atoms with van der Waals surface area (Å²) < 4.78 is 10.4. The number of methoxy groups -OCH3 is 1. The summed E-state index contributed by atoms with van der Waals surface area (Å²) in [6.07, 6.45) is 2.84. The zero-order valence-electron chi connectivity index (χ0n) is 11.7. The molecule has 4 nitrogen and oxygen atoms in total. The molecule has 4 heteroatoms. The third-order valence-electron chi connectivity index (χ3n) is 2.97. The fraction of sp³-hybridized carbons (Fsp3) is 0.643. The van der Waals surface area contributed by atoms with E-state index in [0.29, 0.717) is 0 Å². The van der Waals surface area contributed by atoms with E-state index in [1.54, 1.807) is 0 Å². The number of carbonyl (C=O) groups is 1. The molecule has 1 rings (SSSR count). The molecule has 1 N–H and O–H groups in total. The maximum Gasteiger partial charge on any atom is 0.322 e. The molecule has 0 amide bonds. The first-order chi connectivity index (χ1) is 8.58. The number of hydrogen-bond donors (Lipinski definition) is 1. The number of unbranched alkanes of at least 4 members (excludes halogenated alkanes) is 1. The first-order valence-electron chi connectivity index (χ1n) is 6.48. The molecule has 0 spiro atoms. The number of aryl methyl sites for hydroxylation is 1. The lowest BCUT2D eigenvalue weighted by atomic mass is 10.1. The van der Waals surface area contributed by atoms with Crippen molar-refractivity contribution < 1.29 is 13.9 Å². The Bertz CT molecular complexity index is 373. The van der Waals surface area contributed by atoms with Crippen LogP contribution >= 0.6 is 0 Å². The second-order valence-corrected chi connectivity index (χ2v) is 4.55. The van der Waals surface area contributed by atoms with E-state index in [-0.39, 0.29) is 18.1 Å². The van der Waals surface area contributed by atoms with E-state index in [1.165, 1.54) is 7.11 Å². The van der Waals surface area contributed by atoms with Gasteiger partial charge in [0.1, 0.15) is 17.6 Å². The van der Waals surface area contributed by atoms with Crippen LogP contribution in [0, 0.1) is 6.92 Å². The average molecular weight is 253 g/mol. The standard InChI is InChI=1S/C14H23NO3/c1-5-6-7-12(14(16)17-4)15-11(3)13-9-8-10(2)18-13/h8-9,11-12,15H,5-7H2,1-4H3. The summed E-state index contributed by atoms with van der Waals surface area (Å²) in [4.78, 5) is 11.7. The van der Waals surface area contributed by atoms with E-state index in [9.17, 15) is 4.79 Å². The van der Waals surface area contributed by atoms with Gasteiger partial charge in [-0.1, -0.05) is 19.8 Å². The molecule has 0 fully saturated rings. The molecule has 1 heterocycles. The largest absolute Gasteiger partial charge is 0.468 e. The highest BCUT2D eigenvalue weighted by Crippen LogP contribution is 2.17. The molecule has 2 atom stereocenters. The van der Waals surface area contributed by atoms with Crippen molar-refractivity contribution in [3.8, 4) is 0 Å². The fourth-order valence-corrected chi connectivity index (χ4v) is 1.89. The highest BCUT2D eigenvalue weighted by atomic mass is 16.5. The van der Waals surface area contributed by atoms with E-state index >= 15 is 0 Å².